The minimum atomic E-state index is -0.402. The predicted octanol–water partition coefficient (Wildman–Crippen LogP) is 3.99. The Morgan fingerprint density at radius 3 is 2.94 bits per heavy atom. The first-order valence-corrected chi connectivity index (χ1v) is 6.90. The van der Waals surface area contributed by atoms with Crippen LogP contribution in [0.15, 0.2) is 33.6 Å². The van der Waals surface area contributed by atoms with Crippen LogP contribution in [0.1, 0.15) is 18.7 Å². The highest BCUT2D eigenvalue weighted by atomic mass is 79.9. The third kappa shape index (κ3) is 2.85. The van der Waals surface area contributed by atoms with E-state index in [1.165, 1.54) is 17.4 Å². The Bertz CT molecular complexity index is 559. The van der Waals surface area contributed by atoms with E-state index in [1.54, 1.807) is 17.6 Å². The van der Waals surface area contributed by atoms with Gasteiger partial charge in [0.05, 0.1) is 22.2 Å². The standard InChI is InChI=1S/C11H10BrN3O2S/c1-7(10-5-18-6-13-10)14-9-3-2-8(12)4-11(9)15(16)17/h2-7,14H,1H3. The average molecular weight is 328 g/mol. The van der Waals surface area contributed by atoms with Gasteiger partial charge >= 0.3 is 0 Å². The Kier molecular flexibility index (Phi) is 3.93. The Balaban J connectivity index is 2.26. The molecular formula is C11H10BrN3O2S. The zero-order valence-corrected chi connectivity index (χ0v) is 11.9. The third-order valence-corrected chi connectivity index (χ3v) is 3.52. The van der Waals surface area contributed by atoms with Crippen molar-refractivity contribution in [1.82, 2.24) is 4.98 Å². The Morgan fingerprint density at radius 1 is 1.56 bits per heavy atom. The first-order chi connectivity index (χ1) is 8.58. The van der Waals surface area contributed by atoms with E-state index >= 15 is 0 Å². The highest BCUT2D eigenvalue weighted by Gasteiger charge is 2.17. The lowest BCUT2D eigenvalue weighted by atomic mass is 10.2. The number of nitro groups is 1. The van der Waals surface area contributed by atoms with Crippen molar-refractivity contribution in [2.24, 2.45) is 0 Å². The van der Waals surface area contributed by atoms with Crippen molar-refractivity contribution >= 4 is 38.6 Å². The van der Waals surface area contributed by atoms with Crippen LogP contribution in [0.4, 0.5) is 11.4 Å². The summed E-state index contributed by atoms with van der Waals surface area (Å²) in [5.74, 6) is 0. The molecule has 0 saturated carbocycles. The smallest absolute Gasteiger partial charge is 0.293 e. The van der Waals surface area contributed by atoms with E-state index in [0.29, 0.717) is 10.2 Å². The fourth-order valence-electron chi connectivity index (χ4n) is 1.52. The lowest BCUT2D eigenvalue weighted by molar-refractivity contribution is -0.384. The van der Waals surface area contributed by atoms with Gasteiger partial charge in [0.15, 0.2) is 0 Å². The molecule has 5 nitrogen and oxygen atoms in total. The fraction of sp³-hybridized carbons (Fsp3) is 0.182. The Labute approximate surface area is 116 Å². The molecule has 7 heteroatoms. The lowest BCUT2D eigenvalue weighted by Crippen LogP contribution is -2.08. The highest BCUT2D eigenvalue weighted by Crippen LogP contribution is 2.30. The summed E-state index contributed by atoms with van der Waals surface area (Å²) in [7, 11) is 0. The van der Waals surface area contributed by atoms with E-state index in [4.69, 9.17) is 0 Å². The number of hydrogen-bond donors (Lipinski definition) is 1. The molecule has 0 aliphatic carbocycles. The SMILES string of the molecule is CC(Nc1ccc(Br)cc1[N+](=O)[O-])c1cscn1. The van der Waals surface area contributed by atoms with Crippen LogP contribution in [0.2, 0.25) is 0 Å². The second-order valence-electron chi connectivity index (χ2n) is 3.70. The minimum absolute atomic E-state index is 0.0476. The first-order valence-electron chi connectivity index (χ1n) is 5.16. The molecule has 2 aromatic rings. The van der Waals surface area contributed by atoms with E-state index in [1.807, 2.05) is 12.3 Å². The first kappa shape index (κ1) is 13.0. The Morgan fingerprint density at radius 2 is 2.33 bits per heavy atom. The molecule has 0 aliphatic heterocycles. The number of anilines is 1. The summed E-state index contributed by atoms with van der Waals surface area (Å²) < 4.78 is 0.682. The molecule has 1 heterocycles. The van der Waals surface area contributed by atoms with Gasteiger partial charge in [-0.3, -0.25) is 10.1 Å². The summed E-state index contributed by atoms with van der Waals surface area (Å²) in [5, 5.41) is 16.0. The van der Waals surface area contributed by atoms with Gasteiger partial charge in [-0.2, -0.15) is 0 Å². The molecular weight excluding hydrogens is 318 g/mol. The van der Waals surface area contributed by atoms with Gasteiger partial charge in [-0.15, -0.1) is 11.3 Å². The number of nitrogens with zero attached hydrogens (tertiary/aromatic N) is 2. The second kappa shape index (κ2) is 5.45. The fourth-order valence-corrected chi connectivity index (χ4v) is 2.52. The van der Waals surface area contributed by atoms with Crippen LogP contribution in [0.5, 0.6) is 0 Å². The average Bonchev–Trinajstić information content (AvgIpc) is 2.84. The molecule has 0 fully saturated rings. The van der Waals surface area contributed by atoms with Gasteiger partial charge in [-0.05, 0) is 19.1 Å². The molecule has 1 atom stereocenters. The number of thiazole rings is 1. The molecule has 1 unspecified atom stereocenters. The molecule has 18 heavy (non-hydrogen) atoms. The topological polar surface area (TPSA) is 68.1 Å². The van der Waals surface area contributed by atoms with Crippen LogP contribution in [0, 0.1) is 10.1 Å². The highest BCUT2D eigenvalue weighted by molar-refractivity contribution is 9.10. The zero-order valence-electron chi connectivity index (χ0n) is 9.46. The number of nitro benzene ring substituents is 1. The summed E-state index contributed by atoms with van der Waals surface area (Å²) in [5.41, 5.74) is 3.15. The molecule has 1 aromatic heterocycles. The molecule has 1 aromatic carbocycles. The van der Waals surface area contributed by atoms with Crippen molar-refractivity contribution in [2.45, 2.75) is 13.0 Å². The monoisotopic (exact) mass is 327 g/mol. The molecule has 1 N–H and O–H groups in total. The van der Waals surface area contributed by atoms with Crippen molar-refractivity contribution in [1.29, 1.82) is 0 Å². The Hall–Kier alpha value is -1.47. The number of halogens is 1. The molecule has 0 spiro atoms. The van der Waals surface area contributed by atoms with Gasteiger partial charge in [0.25, 0.3) is 5.69 Å². The quantitative estimate of drug-likeness (QED) is 0.681. The largest absolute Gasteiger partial charge is 0.371 e. The van der Waals surface area contributed by atoms with E-state index in [2.05, 4.69) is 26.2 Å². The van der Waals surface area contributed by atoms with E-state index in [0.717, 1.165) is 5.69 Å². The van der Waals surface area contributed by atoms with Gasteiger partial charge in [0.1, 0.15) is 5.69 Å². The van der Waals surface area contributed by atoms with Crippen LogP contribution in [0.25, 0.3) is 0 Å². The van der Waals surface area contributed by atoms with Gasteiger partial charge < -0.3 is 5.32 Å². The minimum Gasteiger partial charge on any atom is -0.371 e. The molecule has 0 amide bonds. The van der Waals surface area contributed by atoms with Crippen molar-refractivity contribution in [3.05, 3.63) is 49.4 Å². The van der Waals surface area contributed by atoms with Gasteiger partial charge in [0, 0.05) is 15.9 Å². The van der Waals surface area contributed by atoms with Crippen LogP contribution in [-0.4, -0.2) is 9.91 Å². The predicted molar refractivity (Wildman–Crippen MR) is 74.9 cm³/mol. The molecule has 0 radical (unpaired) electrons. The summed E-state index contributed by atoms with van der Waals surface area (Å²) in [6.45, 7) is 1.92. The van der Waals surface area contributed by atoms with Crippen LogP contribution in [0.3, 0.4) is 0 Å². The number of benzene rings is 1. The summed E-state index contributed by atoms with van der Waals surface area (Å²) in [6, 6.07) is 4.86. The van der Waals surface area contributed by atoms with Gasteiger partial charge in [0.2, 0.25) is 0 Å². The van der Waals surface area contributed by atoms with E-state index in [9.17, 15) is 10.1 Å². The number of aromatic nitrogens is 1. The summed E-state index contributed by atoms with van der Waals surface area (Å²) in [4.78, 5) is 14.8. The van der Waals surface area contributed by atoms with E-state index in [-0.39, 0.29) is 11.7 Å². The number of nitrogens with one attached hydrogen (secondary N) is 1. The maximum Gasteiger partial charge on any atom is 0.293 e. The van der Waals surface area contributed by atoms with Crippen LogP contribution < -0.4 is 5.32 Å². The summed E-state index contributed by atoms with van der Waals surface area (Å²) >= 11 is 4.73. The maximum atomic E-state index is 11.0. The normalized spacial score (nSPS) is 12.1. The van der Waals surface area contributed by atoms with E-state index < -0.39 is 4.92 Å². The van der Waals surface area contributed by atoms with Crippen molar-refractivity contribution in [2.75, 3.05) is 5.32 Å². The van der Waals surface area contributed by atoms with Crippen molar-refractivity contribution in [3.63, 3.8) is 0 Å². The number of rotatable bonds is 4. The van der Waals surface area contributed by atoms with Crippen molar-refractivity contribution in [3.8, 4) is 0 Å². The van der Waals surface area contributed by atoms with Gasteiger partial charge in [-0.25, -0.2) is 4.98 Å². The second-order valence-corrected chi connectivity index (χ2v) is 5.33. The van der Waals surface area contributed by atoms with Crippen molar-refractivity contribution < 1.29 is 4.92 Å². The molecule has 0 saturated heterocycles. The third-order valence-electron chi connectivity index (χ3n) is 2.42. The maximum absolute atomic E-state index is 11.0. The lowest BCUT2D eigenvalue weighted by Gasteiger charge is -2.13. The van der Waals surface area contributed by atoms with Gasteiger partial charge in [-0.1, -0.05) is 15.9 Å². The number of hydrogen-bond acceptors (Lipinski definition) is 5. The summed E-state index contributed by atoms with van der Waals surface area (Å²) in [6.07, 6.45) is 0. The molecule has 2 rings (SSSR count). The molecule has 0 aliphatic rings. The zero-order chi connectivity index (χ0) is 13.1. The van der Waals surface area contributed by atoms with Crippen LogP contribution >= 0.6 is 27.3 Å². The molecule has 0 bridgehead atoms. The molecule has 94 valence electrons. The van der Waals surface area contributed by atoms with Crippen LogP contribution in [-0.2, 0) is 0 Å².